The Balaban J connectivity index is 1.32. The summed E-state index contributed by atoms with van der Waals surface area (Å²) in [5, 5.41) is 5.80. The van der Waals surface area contributed by atoms with Gasteiger partial charge in [0.15, 0.2) is 0 Å². The van der Waals surface area contributed by atoms with Crippen molar-refractivity contribution in [2.24, 2.45) is 0 Å². The maximum absolute atomic E-state index is 13.7. The van der Waals surface area contributed by atoms with Gasteiger partial charge in [-0.1, -0.05) is 66.7 Å². The third kappa shape index (κ3) is 9.65. The summed E-state index contributed by atoms with van der Waals surface area (Å²) in [7, 11) is 3.27. The van der Waals surface area contributed by atoms with Crippen molar-refractivity contribution in [1.29, 1.82) is 0 Å². The zero-order valence-corrected chi connectivity index (χ0v) is 27.7. The van der Waals surface area contributed by atoms with Crippen LogP contribution in [0.15, 0.2) is 78.9 Å². The van der Waals surface area contributed by atoms with Crippen LogP contribution in [-0.4, -0.2) is 104 Å². The number of benzene rings is 3. The van der Waals surface area contributed by atoms with E-state index in [4.69, 9.17) is 9.47 Å². The van der Waals surface area contributed by atoms with Gasteiger partial charge in [-0.25, -0.2) is 0 Å². The highest BCUT2D eigenvalue weighted by atomic mass is 16.5. The van der Waals surface area contributed by atoms with Crippen molar-refractivity contribution in [3.8, 4) is 5.75 Å². The smallest absolute Gasteiger partial charge is 0.255 e. The van der Waals surface area contributed by atoms with E-state index < -0.39 is 17.9 Å². The lowest BCUT2D eigenvalue weighted by Crippen LogP contribution is -2.48. The van der Waals surface area contributed by atoms with E-state index >= 15 is 0 Å². The van der Waals surface area contributed by atoms with Crippen LogP contribution in [0.2, 0.25) is 0 Å². The van der Waals surface area contributed by atoms with Gasteiger partial charge in [-0.3, -0.25) is 24.1 Å². The van der Waals surface area contributed by atoms with Gasteiger partial charge in [0.2, 0.25) is 17.7 Å². The van der Waals surface area contributed by atoms with Gasteiger partial charge in [0.25, 0.3) is 5.91 Å². The van der Waals surface area contributed by atoms with Crippen molar-refractivity contribution in [3.63, 3.8) is 0 Å². The molecule has 1 saturated heterocycles. The summed E-state index contributed by atoms with van der Waals surface area (Å²) in [5.74, 6) is -1.09. The first-order valence-electron chi connectivity index (χ1n) is 16.5. The van der Waals surface area contributed by atoms with Gasteiger partial charge in [-0.15, -0.1) is 0 Å². The summed E-state index contributed by atoms with van der Waals surface area (Å²) in [6.07, 6.45) is 0.543. The van der Waals surface area contributed by atoms with E-state index in [0.717, 1.165) is 49.5 Å². The van der Waals surface area contributed by atoms with E-state index in [1.807, 2.05) is 42.5 Å². The average Bonchev–Trinajstić information content (AvgIpc) is 3.11. The molecule has 2 heterocycles. The second-order valence-electron chi connectivity index (χ2n) is 12.4. The first kappa shape index (κ1) is 34.6. The van der Waals surface area contributed by atoms with Crippen molar-refractivity contribution < 1.29 is 28.7 Å². The highest BCUT2D eigenvalue weighted by Gasteiger charge is 2.28. The van der Waals surface area contributed by atoms with Gasteiger partial charge in [-0.05, 0) is 41.7 Å². The van der Waals surface area contributed by atoms with E-state index in [2.05, 4.69) is 27.7 Å². The predicted octanol–water partition coefficient (Wildman–Crippen LogP) is 2.63. The number of carbonyl (C=O) groups excluding carboxylic acids is 4. The highest BCUT2D eigenvalue weighted by Crippen LogP contribution is 2.21. The third-order valence-corrected chi connectivity index (χ3v) is 8.85. The topological polar surface area (TPSA) is 121 Å². The molecule has 2 aliphatic rings. The fraction of sp³-hybridized carbons (Fsp3) is 0.405. The van der Waals surface area contributed by atoms with Gasteiger partial charge < -0.3 is 29.9 Å². The summed E-state index contributed by atoms with van der Waals surface area (Å²) in [6, 6.07) is 23.3. The van der Waals surface area contributed by atoms with E-state index in [1.54, 1.807) is 43.3 Å². The van der Waals surface area contributed by atoms with Crippen molar-refractivity contribution in [2.75, 3.05) is 53.6 Å². The van der Waals surface area contributed by atoms with Gasteiger partial charge in [0.1, 0.15) is 18.4 Å². The first-order chi connectivity index (χ1) is 23.3. The molecule has 0 saturated carbocycles. The molecule has 0 spiro atoms. The second-order valence-corrected chi connectivity index (χ2v) is 12.4. The van der Waals surface area contributed by atoms with Crippen LogP contribution < -0.4 is 15.4 Å². The molecule has 2 N–H and O–H groups in total. The largest absolute Gasteiger partial charge is 0.491 e. The Labute approximate surface area is 282 Å². The molecule has 1 fully saturated rings. The maximum Gasteiger partial charge on any atom is 0.255 e. The Morgan fingerprint density at radius 1 is 0.875 bits per heavy atom. The molecule has 2 atom stereocenters. The molecule has 2 aliphatic heterocycles. The van der Waals surface area contributed by atoms with Crippen molar-refractivity contribution >= 4 is 23.6 Å². The Morgan fingerprint density at radius 2 is 1.58 bits per heavy atom. The van der Waals surface area contributed by atoms with Gasteiger partial charge in [0, 0.05) is 46.7 Å². The quantitative estimate of drug-likeness (QED) is 0.402. The van der Waals surface area contributed by atoms with E-state index in [-0.39, 0.29) is 56.0 Å². The monoisotopic (exact) mass is 655 g/mol. The van der Waals surface area contributed by atoms with Gasteiger partial charge >= 0.3 is 0 Å². The van der Waals surface area contributed by atoms with Crippen molar-refractivity contribution in [1.82, 2.24) is 25.3 Å². The highest BCUT2D eigenvalue weighted by molar-refractivity contribution is 5.99. The number of para-hydroxylation sites is 1. The fourth-order valence-corrected chi connectivity index (χ4v) is 5.90. The number of ether oxygens (including phenoxy) is 2. The fourth-order valence-electron chi connectivity index (χ4n) is 5.90. The van der Waals surface area contributed by atoms with Crippen LogP contribution in [0.1, 0.15) is 39.9 Å². The summed E-state index contributed by atoms with van der Waals surface area (Å²) in [4.78, 5) is 59.1. The lowest BCUT2D eigenvalue weighted by molar-refractivity contribution is -0.140. The molecule has 5 rings (SSSR count). The molecule has 0 bridgehead atoms. The number of carbonyl (C=O) groups is 4. The summed E-state index contributed by atoms with van der Waals surface area (Å²) in [6.45, 7) is 4.26. The molecule has 11 heteroatoms. The van der Waals surface area contributed by atoms with Crippen LogP contribution in [0.5, 0.6) is 5.75 Å². The molecule has 4 amide bonds. The zero-order valence-electron chi connectivity index (χ0n) is 27.7. The molecule has 3 aromatic rings. The molecular formula is C37H45N5O6. The van der Waals surface area contributed by atoms with E-state index in [0.29, 0.717) is 12.2 Å². The molecule has 0 unspecified atom stereocenters. The minimum absolute atomic E-state index is 0.0352. The van der Waals surface area contributed by atoms with Crippen molar-refractivity contribution in [2.45, 2.75) is 44.4 Å². The number of nitrogens with zero attached hydrogens (tertiary/aromatic N) is 3. The average molecular weight is 656 g/mol. The van der Waals surface area contributed by atoms with E-state index in [9.17, 15) is 19.2 Å². The molecule has 0 radical (unpaired) electrons. The molecular weight excluding hydrogens is 610 g/mol. The Kier molecular flexibility index (Phi) is 12.2. The normalized spacial score (nSPS) is 20.2. The van der Waals surface area contributed by atoms with Crippen LogP contribution >= 0.6 is 0 Å². The van der Waals surface area contributed by atoms with Gasteiger partial charge in [0.05, 0.1) is 31.4 Å². The zero-order chi connectivity index (χ0) is 33.9. The number of amides is 4. The number of hydrogen-bond acceptors (Lipinski definition) is 7. The third-order valence-electron chi connectivity index (χ3n) is 8.85. The Hall–Kier alpha value is -4.74. The van der Waals surface area contributed by atoms with Gasteiger partial charge in [-0.2, -0.15) is 0 Å². The molecule has 48 heavy (non-hydrogen) atoms. The van der Waals surface area contributed by atoms with Crippen LogP contribution in [0.4, 0.5) is 0 Å². The standard InChI is InChI=1S/C37H45N5O6/c1-40-25-35(44)41(2)30(22-27-9-4-3-5-10-27)26-48-33-14-7-6-13-31(33)36(45)39-32(15-16-34(40)43)37(46)38-23-28-11-8-12-29(21-28)24-42-17-19-47-20-18-42/h3-14,21,30,32H,15-20,22-26H2,1-2H3,(H,38,46)(H,39,45)/t30-,32+/m1/s1. The van der Waals surface area contributed by atoms with Crippen LogP contribution in [-0.2, 0) is 38.6 Å². The number of likely N-dealkylation sites (N-methyl/N-ethyl adjacent to an activating group) is 2. The minimum Gasteiger partial charge on any atom is -0.491 e. The minimum atomic E-state index is -0.992. The van der Waals surface area contributed by atoms with Crippen molar-refractivity contribution in [3.05, 3.63) is 101 Å². The lowest BCUT2D eigenvalue weighted by Gasteiger charge is -2.30. The molecule has 254 valence electrons. The molecule has 0 aliphatic carbocycles. The van der Waals surface area contributed by atoms with Crippen LogP contribution in [0.3, 0.4) is 0 Å². The summed E-state index contributed by atoms with van der Waals surface area (Å²) in [5.41, 5.74) is 3.36. The van der Waals surface area contributed by atoms with Crippen LogP contribution in [0.25, 0.3) is 0 Å². The Bertz CT molecular complexity index is 1560. The number of morpholine rings is 1. The summed E-state index contributed by atoms with van der Waals surface area (Å²) < 4.78 is 11.7. The first-order valence-corrected chi connectivity index (χ1v) is 16.5. The summed E-state index contributed by atoms with van der Waals surface area (Å²) >= 11 is 0. The van der Waals surface area contributed by atoms with Crippen LogP contribution in [0, 0.1) is 0 Å². The molecule has 3 aromatic carbocycles. The lowest BCUT2D eigenvalue weighted by atomic mass is 10.1. The van der Waals surface area contributed by atoms with E-state index in [1.165, 1.54) is 4.90 Å². The molecule has 0 aromatic heterocycles. The maximum atomic E-state index is 13.7. The second kappa shape index (κ2) is 16.9. The predicted molar refractivity (Wildman–Crippen MR) is 181 cm³/mol. The number of nitrogens with one attached hydrogen (secondary N) is 2. The molecule has 11 nitrogen and oxygen atoms in total. The number of rotatable bonds is 7. The number of fused-ring (bicyclic) bond motifs is 1. The Morgan fingerprint density at radius 3 is 2.38 bits per heavy atom. The number of hydrogen-bond donors (Lipinski definition) is 2. The SMILES string of the molecule is CN1CC(=O)N(C)[C@H](Cc2ccccc2)COc2ccccc2C(=O)N[C@H](C(=O)NCc2cccc(CN3CCOCC3)c2)CCC1=O.